The van der Waals surface area contributed by atoms with Crippen LogP contribution in [0.15, 0.2) is 47.6 Å². The summed E-state index contributed by atoms with van der Waals surface area (Å²) in [5, 5.41) is 29.7. The van der Waals surface area contributed by atoms with E-state index < -0.39 is 41.2 Å². The van der Waals surface area contributed by atoms with Crippen molar-refractivity contribution in [1.82, 2.24) is 10.6 Å². The molecule has 0 aliphatic heterocycles. The van der Waals surface area contributed by atoms with E-state index in [1.165, 1.54) is 0 Å². The van der Waals surface area contributed by atoms with Gasteiger partial charge in [0.05, 0.1) is 18.2 Å². The molecule has 2 aromatic carbocycles. The summed E-state index contributed by atoms with van der Waals surface area (Å²) < 4.78 is 27.8. The largest absolute Gasteiger partial charge is 0.481 e. The second-order valence-corrected chi connectivity index (χ2v) is 12.1. The summed E-state index contributed by atoms with van der Waals surface area (Å²) in [6.07, 6.45) is 1.10. The Labute approximate surface area is 239 Å². The number of carbonyl (C=O) groups is 2. The monoisotopic (exact) mass is 573 g/mol. The molecule has 2 unspecified atom stereocenters. The van der Waals surface area contributed by atoms with E-state index in [0.29, 0.717) is 25.7 Å². The van der Waals surface area contributed by atoms with Gasteiger partial charge in [0.1, 0.15) is 11.6 Å². The first kappa shape index (κ1) is 32.3. The number of carboxylic acids is 1. The molecule has 1 aliphatic rings. The molecule has 1 aliphatic carbocycles. The number of halogens is 2. The number of amides is 1. The lowest BCUT2D eigenvalue weighted by Crippen LogP contribution is -2.54. The van der Waals surface area contributed by atoms with Crippen LogP contribution in [0.4, 0.5) is 8.78 Å². The van der Waals surface area contributed by atoms with E-state index in [2.05, 4.69) is 48.7 Å². The fraction of sp³-hybridized carbons (Fsp3) is 0.548. The molecule has 0 aromatic heterocycles. The molecule has 10 heteroatoms. The molecule has 8 nitrogen and oxygen atoms in total. The third-order valence-electron chi connectivity index (χ3n) is 7.87. The van der Waals surface area contributed by atoms with Crippen LogP contribution < -0.4 is 10.6 Å². The molecule has 2 atom stereocenters. The lowest BCUT2D eigenvalue weighted by atomic mass is 9.73. The van der Waals surface area contributed by atoms with Gasteiger partial charge in [-0.05, 0) is 72.8 Å². The van der Waals surface area contributed by atoms with Gasteiger partial charge in [0.25, 0.3) is 0 Å². The van der Waals surface area contributed by atoms with Gasteiger partial charge >= 0.3 is 5.97 Å². The normalized spacial score (nSPS) is 20.7. The third-order valence-corrected chi connectivity index (χ3v) is 7.87. The first-order valence-corrected chi connectivity index (χ1v) is 14.1. The predicted octanol–water partition coefficient (Wildman–Crippen LogP) is 5.10. The van der Waals surface area contributed by atoms with Crippen LogP contribution in [0, 0.1) is 16.5 Å². The Morgan fingerprint density at radius 3 is 2.32 bits per heavy atom. The lowest BCUT2D eigenvalue weighted by molar-refractivity contribution is -0.137. The van der Waals surface area contributed by atoms with Crippen LogP contribution in [0.2, 0.25) is 0 Å². The molecule has 4 N–H and O–H groups in total. The average Bonchev–Trinajstić information content (AvgIpc) is 2.90. The number of aliphatic hydroxyl groups excluding tert-OH is 1. The number of aliphatic carboxylic acids is 1. The Balaban J connectivity index is 1.83. The first-order chi connectivity index (χ1) is 19.3. The maximum absolute atomic E-state index is 13.9. The molecule has 0 spiro atoms. The van der Waals surface area contributed by atoms with Crippen molar-refractivity contribution in [2.75, 3.05) is 6.54 Å². The molecular weight excluding hydrogens is 532 g/mol. The second kappa shape index (κ2) is 14.1. The number of nitrogens with one attached hydrogen (secondary N) is 2. The zero-order chi connectivity index (χ0) is 30.2. The molecule has 1 fully saturated rings. The van der Waals surface area contributed by atoms with Gasteiger partial charge in [-0.15, -0.1) is 0 Å². The topological polar surface area (TPSA) is 128 Å². The smallest absolute Gasteiger partial charge is 0.303 e. The zero-order valence-electron chi connectivity index (χ0n) is 24.0. The highest BCUT2D eigenvalue weighted by molar-refractivity contribution is 5.77. The van der Waals surface area contributed by atoms with Gasteiger partial charge in [-0.2, -0.15) is 4.91 Å². The fourth-order valence-corrected chi connectivity index (χ4v) is 5.44. The summed E-state index contributed by atoms with van der Waals surface area (Å²) in [6.45, 7) is 6.43. The highest BCUT2D eigenvalue weighted by Crippen LogP contribution is 2.39. The van der Waals surface area contributed by atoms with Crippen LogP contribution in [-0.2, 0) is 27.0 Å². The van der Waals surface area contributed by atoms with Gasteiger partial charge in [0.15, 0.2) is 0 Å². The van der Waals surface area contributed by atoms with Crippen molar-refractivity contribution in [3.63, 3.8) is 0 Å². The Bertz CT molecular complexity index is 1190. The van der Waals surface area contributed by atoms with Crippen LogP contribution >= 0.6 is 0 Å². The van der Waals surface area contributed by atoms with Crippen LogP contribution in [0.5, 0.6) is 0 Å². The third kappa shape index (κ3) is 9.39. The zero-order valence-corrected chi connectivity index (χ0v) is 24.0. The Morgan fingerprint density at radius 1 is 1.07 bits per heavy atom. The van der Waals surface area contributed by atoms with Crippen LogP contribution in [-0.4, -0.2) is 46.8 Å². The van der Waals surface area contributed by atoms with E-state index in [1.807, 2.05) is 12.1 Å². The van der Waals surface area contributed by atoms with Gasteiger partial charge in [-0.3, -0.25) is 9.59 Å². The van der Waals surface area contributed by atoms with Crippen LogP contribution in [0.1, 0.15) is 82.4 Å². The predicted molar refractivity (Wildman–Crippen MR) is 152 cm³/mol. The maximum Gasteiger partial charge on any atom is 0.303 e. The standard InChI is InChI=1S/C31H41F2N3O5/c1-30(2,3)21-6-4-7-22(17-21)31(12-10-25(36-41)11-13-31)34-19-27(37)26(35-28(38)8-5-9-29(39)40)16-20-14-23(32)18-24(33)15-20/h4,6-7,14-15,17-18,25-27,34,37H,5,8-13,16,19H2,1-3H3,(H,35,38)(H,39,40). The van der Waals surface area contributed by atoms with E-state index in [4.69, 9.17) is 5.11 Å². The minimum absolute atomic E-state index is 0.0359. The SMILES string of the molecule is CC(C)(C)c1cccc(C2(NCC(O)C(Cc3cc(F)cc(F)c3)NC(=O)CCCC(=O)O)CCC(N=O)CC2)c1. The molecule has 1 saturated carbocycles. The number of hydrogen-bond donors (Lipinski definition) is 4. The molecular formula is C31H41F2N3O5. The molecule has 0 bridgehead atoms. The van der Waals surface area contributed by atoms with Crippen molar-refractivity contribution in [2.45, 2.75) is 101 Å². The molecule has 0 radical (unpaired) electrons. The van der Waals surface area contributed by atoms with Gasteiger partial charge in [-0.1, -0.05) is 50.2 Å². The van der Waals surface area contributed by atoms with Crippen LogP contribution in [0.25, 0.3) is 0 Å². The summed E-state index contributed by atoms with van der Waals surface area (Å²) in [6, 6.07) is 10.1. The highest BCUT2D eigenvalue weighted by Gasteiger charge is 2.38. The summed E-state index contributed by atoms with van der Waals surface area (Å²) >= 11 is 0. The number of carbonyl (C=O) groups excluding carboxylic acids is 1. The number of benzene rings is 2. The highest BCUT2D eigenvalue weighted by atomic mass is 19.1. The number of aliphatic hydroxyl groups is 1. The minimum Gasteiger partial charge on any atom is -0.481 e. The van der Waals surface area contributed by atoms with Gasteiger partial charge < -0.3 is 20.8 Å². The Morgan fingerprint density at radius 2 is 1.73 bits per heavy atom. The molecule has 0 heterocycles. The number of carboxylic acid groups (broad SMARTS) is 1. The number of rotatable bonds is 13. The van der Waals surface area contributed by atoms with E-state index in [9.17, 15) is 28.4 Å². The Hall–Kier alpha value is -3.24. The van der Waals surface area contributed by atoms with Crippen molar-refractivity contribution in [1.29, 1.82) is 0 Å². The van der Waals surface area contributed by atoms with E-state index in [1.54, 1.807) is 0 Å². The lowest BCUT2D eigenvalue weighted by Gasteiger charge is -2.42. The van der Waals surface area contributed by atoms with Crippen molar-refractivity contribution in [3.05, 3.63) is 75.7 Å². The number of hydrogen-bond acceptors (Lipinski definition) is 6. The van der Waals surface area contributed by atoms with Crippen molar-refractivity contribution < 1.29 is 28.6 Å². The van der Waals surface area contributed by atoms with Crippen molar-refractivity contribution in [3.8, 4) is 0 Å². The molecule has 224 valence electrons. The maximum atomic E-state index is 13.9. The summed E-state index contributed by atoms with van der Waals surface area (Å²) in [5.41, 5.74) is 1.80. The van der Waals surface area contributed by atoms with E-state index in [-0.39, 0.29) is 49.2 Å². The second-order valence-electron chi connectivity index (χ2n) is 12.1. The van der Waals surface area contributed by atoms with Crippen LogP contribution in [0.3, 0.4) is 0 Å². The summed E-state index contributed by atoms with van der Waals surface area (Å²) in [4.78, 5) is 34.7. The minimum atomic E-state index is -1.14. The molecule has 0 saturated heterocycles. The van der Waals surface area contributed by atoms with Gasteiger partial charge in [-0.25, -0.2) is 8.78 Å². The molecule has 41 heavy (non-hydrogen) atoms. The number of nitroso groups, excluding NO2 is 1. The van der Waals surface area contributed by atoms with Gasteiger partial charge in [0.2, 0.25) is 5.91 Å². The van der Waals surface area contributed by atoms with Gasteiger partial charge in [0, 0.05) is 31.0 Å². The van der Waals surface area contributed by atoms with Crippen molar-refractivity contribution >= 4 is 11.9 Å². The fourth-order valence-electron chi connectivity index (χ4n) is 5.44. The Kier molecular flexibility index (Phi) is 11.1. The quantitative estimate of drug-likeness (QED) is 0.247. The average molecular weight is 574 g/mol. The summed E-state index contributed by atoms with van der Waals surface area (Å²) in [7, 11) is 0. The molecule has 3 rings (SSSR count). The molecule has 1 amide bonds. The molecule has 2 aromatic rings. The first-order valence-electron chi connectivity index (χ1n) is 14.1. The van der Waals surface area contributed by atoms with E-state index >= 15 is 0 Å². The summed E-state index contributed by atoms with van der Waals surface area (Å²) in [5.74, 6) is -3.01. The van der Waals surface area contributed by atoms with E-state index in [0.717, 1.165) is 29.3 Å². The number of nitrogens with zero attached hydrogens (tertiary/aromatic N) is 1. The van der Waals surface area contributed by atoms with Crippen molar-refractivity contribution in [2.24, 2.45) is 5.18 Å².